The van der Waals surface area contributed by atoms with E-state index >= 15 is 0 Å². The van der Waals surface area contributed by atoms with Gasteiger partial charge in [-0.3, -0.25) is 28.8 Å². The lowest BCUT2D eigenvalue weighted by molar-refractivity contribution is -0.142. The molecule has 0 aliphatic rings. The number of carbonyl (C=O) groups is 7. The molecule has 6 amide bonds. The first-order chi connectivity index (χ1) is 28.8. The van der Waals surface area contributed by atoms with E-state index in [-0.39, 0.29) is 25.7 Å². The fourth-order valence-corrected chi connectivity index (χ4v) is 6.21. The van der Waals surface area contributed by atoms with Gasteiger partial charge in [-0.15, -0.1) is 0 Å². The predicted octanol–water partition coefficient (Wildman–Crippen LogP) is -0.0785. The summed E-state index contributed by atoms with van der Waals surface area (Å²) in [6.07, 6.45) is -1.39. The number of nitrogens with one attached hydrogen (secondary N) is 6. The first-order valence-corrected chi connectivity index (χ1v) is 19.4. The van der Waals surface area contributed by atoms with E-state index in [9.17, 15) is 43.8 Å². The van der Waals surface area contributed by atoms with Gasteiger partial charge in [0.15, 0.2) is 0 Å². The maximum atomic E-state index is 14.0. The van der Waals surface area contributed by atoms with Crippen LogP contribution in [-0.2, 0) is 59.2 Å². The van der Waals surface area contributed by atoms with Crippen molar-refractivity contribution < 1.29 is 43.8 Å². The molecule has 0 aliphatic heterocycles. The van der Waals surface area contributed by atoms with Crippen LogP contribution in [0.5, 0.6) is 0 Å². The smallest absolute Gasteiger partial charge is 0.326 e. The number of aliphatic hydroxyl groups excluding tert-OH is 1. The summed E-state index contributed by atoms with van der Waals surface area (Å²) < 4.78 is 0. The lowest BCUT2D eigenvalue weighted by Gasteiger charge is -2.26. The van der Waals surface area contributed by atoms with Crippen LogP contribution >= 0.6 is 0 Å². The molecule has 0 bridgehead atoms. The molecule has 316 valence electrons. The molecule has 0 unspecified atom stereocenters. The summed E-state index contributed by atoms with van der Waals surface area (Å²) in [5, 5.41) is 35.5. The van der Waals surface area contributed by atoms with Crippen LogP contribution < -0.4 is 37.6 Å². The van der Waals surface area contributed by atoms with Crippen molar-refractivity contribution in [2.45, 2.75) is 68.9 Å². The highest BCUT2D eigenvalue weighted by molar-refractivity contribution is 5.96. The molecular formula is C44H51N7O9. The summed E-state index contributed by atoms with van der Waals surface area (Å²) in [7, 11) is 0. The van der Waals surface area contributed by atoms with Gasteiger partial charge in [0.2, 0.25) is 35.4 Å². The van der Waals surface area contributed by atoms with Crippen molar-refractivity contribution in [2.75, 3.05) is 13.1 Å². The number of aliphatic hydroxyl groups is 1. The highest BCUT2D eigenvalue weighted by Gasteiger charge is 2.32. The normalized spacial score (nSPS) is 13.8. The molecule has 0 spiro atoms. The number of rotatable bonds is 22. The fraction of sp³-hybridized carbons (Fsp3) is 0.295. The monoisotopic (exact) mass is 821 g/mol. The lowest BCUT2D eigenvalue weighted by atomic mass is 10.0. The molecule has 0 radical (unpaired) electrons. The molecule has 4 rings (SSSR count). The van der Waals surface area contributed by atoms with E-state index in [1.165, 1.54) is 6.92 Å². The Bertz CT molecular complexity index is 2040. The van der Waals surface area contributed by atoms with Gasteiger partial charge >= 0.3 is 5.97 Å². The van der Waals surface area contributed by atoms with Gasteiger partial charge in [-0.2, -0.15) is 0 Å². The number of carbonyl (C=O) groups excluding carboxylic acids is 6. The van der Waals surface area contributed by atoms with Crippen molar-refractivity contribution in [3.05, 3.63) is 144 Å². The molecule has 0 aromatic heterocycles. The van der Waals surface area contributed by atoms with Gasteiger partial charge in [0, 0.05) is 25.7 Å². The van der Waals surface area contributed by atoms with Crippen LogP contribution in [0.1, 0.15) is 29.2 Å². The molecule has 0 saturated carbocycles. The van der Waals surface area contributed by atoms with Crippen LogP contribution in [0, 0.1) is 0 Å². The lowest BCUT2D eigenvalue weighted by Crippen LogP contribution is -2.60. The van der Waals surface area contributed by atoms with Gasteiger partial charge in [-0.1, -0.05) is 121 Å². The second-order valence-electron chi connectivity index (χ2n) is 14.1. The molecule has 6 atom stereocenters. The summed E-state index contributed by atoms with van der Waals surface area (Å²) in [6, 6.07) is 28.5. The molecule has 0 aliphatic carbocycles. The summed E-state index contributed by atoms with van der Waals surface area (Å²) >= 11 is 0. The zero-order chi connectivity index (χ0) is 43.4. The molecule has 10 N–H and O–H groups in total. The number of aliphatic carboxylic acids is 1. The quantitative estimate of drug-likeness (QED) is 0.0510. The van der Waals surface area contributed by atoms with E-state index in [0.717, 1.165) is 0 Å². The summed E-state index contributed by atoms with van der Waals surface area (Å²) in [4.78, 5) is 92.4. The van der Waals surface area contributed by atoms with Gasteiger partial charge in [0.1, 0.15) is 30.2 Å². The molecule has 0 heterocycles. The second kappa shape index (κ2) is 23.5. The van der Waals surface area contributed by atoms with Crippen LogP contribution in [0.3, 0.4) is 0 Å². The van der Waals surface area contributed by atoms with E-state index < -0.39 is 90.8 Å². The third-order valence-electron chi connectivity index (χ3n) is 9.35. The number of carboxylic acid groups (broad SMARTS) is 1. The van der Waals surface area contributed by atoms with E-state index in [1.807, 2.05) is 0 Å². The highest BCUT2D eigenvalue weighted by Crippen LogP contribution is 2.10. The first-order valence-electron chi connectivity index (χ1n) is 19.4. The van der Waals surface area contributed by atoms with Gasteiger partial charge in [0.25, 0.3) is 0 Å². The molecule has 0 fully saturated rings. The Balaban J connectivity index is 1.51. The van der Waals surface area contributed by atoms with Crippen LogP contribution in [0.15, 0.2) is 121 Å². The van der Waals surface area contributed by atoms with Crippen molar-refractivity contribution in [3.8, 4) is 0 Å². The Hall–Kier alpha value is -6.91. The van der Waals surface area contributed by atoms with Crippen LogP contribution in [0.25, 0.3) is 0 Å². The molecular weight excluding hydrogens is 771 g/mol. The maximum absolute atomic E-state index is 14.0. The zero-order valence-electron chi connectivity index (χ0n) is 33.1. The predicted molar refractivity (Wildman–Crippen MR) is 222 cm³/mol. The summed E-state index contributed by atoms with van der Waals surface area (Å²) in [5.74, 6) is -5.88. The van der Waals surface area contributed by atoms with Gasteiger partial charge < -0.3 is 47.8 Å². The average Bonchev–Trinajstić information content (AvgIpc) is 3.24. The van der Waals surface area contributed by atoms with E-state index in [0.29, 0.717) is 22.3 Å². The SMILES string of the molecule is C[C@@H](O)[C@H](NC(=O)CN)C(=O)N[C@@H](Cc1ccccc1)C(=O)N[C@@H](Cc1ccccc1)C(=O)NCC(=O)N[C@@H](Cc1ccccc1)C(=O)N[C@@H](Cc1ccccc1)C(=O)O. The minimum absolute atomic E-state index is 0.000368. The largest absolute Gasteiger partial charge is 0.480 e. The Morgan fingerprint density at radius 1 is 0.483 bits per heavy atom. The zero-order valence-corrected chi connectivity index (χ0v) is 33.1. The molecule has 60 heavy (non-hydrogen) atoms. The van der Waals surface area contributed by atoms with Crippen molar-refractivity contribution in [2.24, 2.45) is 5.73 Å². The molecule has 16 heteroatoms. The number of carboxylic acids is 1. The van der Waals surface area contributed by atoms with Crippen LogP contribution in [-0.4, -0.2) is 101 Å². The number of benzene rings is 4. The molecule has 4 aromatic carbocycles. The van der Waals surface area contributed by atoms with Gasteiger partial charge in [-0.25, -0.2) is 4.79 Å². The average molecular weight is 822 g/mol. The van der Waals surface area contributed by atoms with Gasteiger partial charge in [0.05, 0.1) is 19.2 Å². The maximum Gasteiger partial charge on any atom is 0.326 e. The van der Waals surface area contributed by atoms with Crippen molar-refractivity contribution >= 4 is 41.4 Å². The van der Waals surface area contributed by atoms with E-state index in [4.69, 9.17) is 5.73 Å². The van der Waals surface area contributed by atoms with Gasteiger partial charge in [-0.05, 0) is 29.2 Å². The Morgan fingerprint density at radius 2 is 0.833 bits per heavy atom. The Morgan fingerprint density at radius 3 is 1.22 bits per heavy atom. The fourth-order valence-electron chi connectivity index (χ4n) is 6.21. The third kappa shape index (κ3) is 15.1. The van der Waals surface area contributed by atoms with E-state index in [2.05, 4.69) is 31.9 Å². The minimum atomic E-state index is -1.44. The Labute approximate surface area is 347 Å². The van der Waals surface area contributed by atoms with Crippen LogP contribution in [0.2, 0.25) is 0 Å². The minimum Gasteiger partial charge on any atom is -0.480 e. The van der Waals surface area contributed by atoms with Crippen molar-refractivity contribution in [1.29, 1.82) is 0 Å². The number of amides is 6. The third-order valence-corrected chi connectivity index (χ3v) is 9.35. The summed E-state index contributed by atoms with van der Waals surface area (Å²) in [6.45, 7) is 0.227. The summed E-state index contributed by atoms with van der Waals surface area (Å²) in [5.41, 5.74) is 8.07. The second-order valence-corrected chi connectivity index (χ2v) is 14.1. The topological polar surface area (TPSA) is 258 Å². The number of nitrogens with two attached hydrogens (primary N) is 1. The highest BCUT2D eigenvalue weighted by atomic mass is 16.4. The Kier molecular flexibility index (Phi) is 17.9. The standard InChI is InChI=1S/C44H51N7O9/c1-28(52)39(51-37(53)26-45)43(58)49-35(24-31-18-10-4-11-19-31)42(57)48-33(22-29-14-6-2-7-15-29)40(55)46-27-38(54)47-34(23-30-16-8-3-9-17-30)41(56)50-36(44(59)60)25-32-20-12-5-13-21-32/h2-21,28,33-36,39,52H,22-27,45H2,1H3,(H,46,55)(H,47,54)(H,48,57)(H,49,58)(H,50,56)(H,51,53)(H,59,60)/t28-,33+,34+,35+,36+,39+/m1/s1. The number of hydrogen-bond donors (Lipinski definition) is 9. The van der Waals surface area contributed by atoms with Crippen molar-refractivity contribution in [1.82, 2.24) is 31.9 Å². The number of hydrogen-bond acceptors (Lipinski definition) is 9. The molecule has 0 saturated heterocycles. The van der Waals surface area contributed by atoms with E-state index in [1.54, 1.807) is 121 Å². The molecule has 4 aromatic rings. The first kappa shape index (κ1) is 45.8. The van der Waals surface area contributed by atoms with Crippen molar-refractivity contribution in [3.63, 3.8) is 0 Å². The van der Waals surface area contributed by atoms with Crippen LogP contribution in [0.4, 0.5) is 0 Å². The molecule has 16 nitrogen and oxygen atoms in total.